The number of hydrogen-bond acceptors (Lipinski definition) is 2. The number of carbonyl (C=O) groups is 2. The molecule has 0 heterocycles. The molecule has 1 aromatic carbocycles. The maximum atomic E-state index is 12.2. The van der Waals surface area contributed by atoms with Gasteiger partial charge in [-0.15, -0.1) is 0 Å². The molecule has 1 aliphatic carbocycles. The molecular weight excluding hydrogens is 266 g/mol. The molecule has 0 spiro atoms. The lowest BCUT2D eigenvalue weighted by Crippen LogP contribution is -2.29. The van der Waals surface area contributed by atoms with Crippen molar-refractivity contribution in [2.45, 2.75) is 19.8 Å². The van der Waals surface area contributed by atoms with E-state index in [0.717, 1.165) is 0 Å². The molecule has 4 nitrogen and oxygen atoms in total. The summed E-state index contributed by atoms with van der Waals surface area (Å²) >= 11 is 5.77. The van der Waals surface area contributed by atoms with Crippen molar-refractivity contribution < 1.29 is 14.7 Å². The van der Waals surface area contributed by atoms with E-state index in [4.69, 9.17) is 16.7 Å². The van der Waals surface area contributed by atoms with E-state index in [-0.39, 0.29) is 11.8 Å². The highest BCUT2D eigenvalue weighted by Gasteiger charge is 2.41. The highest BCUT2D eigenvalue weighted by Crippen LogP contribution is 2.37. The SMILES string of the molecule is CC1CC(C(=O)O)C(C(=O)Nc2ccc(Cl)cc2)C1. The van der Waals surface area contributed by atoms with E-state index in [1.165, 1.54) is 0 Å². The average molecular weight is 282 g/mol. The highest BCUT2D eigenvalue weighted by molar-refractivity contribution is 6.30. The van der Waals surface area contributed by atoms with E-state index >= 15 is 0 Å². The van der Waals surface area contributed by atoms with Crippen LogP contribution in [0.5, 0.6) is 0 Å². The lowest BCUT2D eigenvalue weighted by molar-refractivity contribution is -0.145. The molecular formula is C14H16ClNO3. The first-order valence-electron chi connectivity index (χ1n) is 6.26. The zero-order chi connectivity index (χ0) is 14.0. The predicted molar refractivity (Wildman–Crippen MR) is 73.1 cm³/mol. The minimum absolute atomic E-state index is 0.223. The van der Waals surface area contributed by atoms with E-state index in [0.29, 0.717) is 23.6 Å². The van der Waals surface area contributed by atoms with E-state index in [1.807, 2.05) is 6.92 Å². The topological polar surface area (TPSA) is 66.4 Å². The molecule has 102 valence electrons. The molecule has 0 aliphatic heterocycles. The molecule has 1 aliphatic rings. The largest absolute Gasteiger partial charge is 0.481 e. The Labute approximate surface area is 116 Å². The van der Waals surface area contributed by atoms with Crippen LogP contribution in [0.25, 0.3) is 0 Å². The minimum Gasteiger partial charge on any atom is -0.481 e. The summed E-state index contributed by atoms with van der Waals surface area (Å²) in [5, 5.41) is 12.5. The number of carbonyl (C=O) groups excluding carboxylic acids is 1. The van der Waals surface area contributed by atoms with Gasteiger partial charge in [-0.2, -0.15) is 0 Å². The second kappa shape index (κ2) is 5.61. The van der Waals surface area contributed by atoms with Gasteiger partial charge in [0.05, 0.1) is 11.8 Å². The molecule has 0 aromatic heterocycles. The molecule has 1 fully saturated rings. The van der Waals surface area contributed by atoms with Gasteiger partial charge in [-0.25, -0.2) is 0 Å². The number of aliphatic carboxylic acids is 1. The lowest BCUT2D eigenvalue weighted by Gasteiger charge is -2.15. The molecule has 1 saturated carbocycles. The number of carboxylic acids is 1. The van der Waals surface area contributed by atoms with Gasteiger partial charge in [-0.3, -0.25) is 9.59 Å². The maximum absolute atomic E-state index is 12.2. The van der Waals surface area contributed by atoms with Crippen molar-refractivity contribution >= 4 is 29.2 Å². The molecule has 0 bridgehead atoms. The summed E-state index contributed by atoms with van der Waals surface area (Å²) in [7, 11) is 0. The number of hydrogen-bond donors (Lipinski definition) is 2. The summed E-state index contributed by atoms with van der Waals surface area (Å²) in [6.07, 6.45) is 1.18. The van der Waals surface area contributed by atoms with Gasteiger partial charge in [0, 0.05) is 10.7 Å². The number of halogens is 1. The number of benzene rings is 1. The number of anilines is 1. The molecule has 2 rings (SSSR count). The minimum atomic E-state index is -0.888. The molecule has 5 heteroatoms. The monoisotopic (exact) mass is 281 g/mol. The quantitative estimate of drug-likeness (QED) is 0.895. The normalized spacial score (nSPS) is 26.1. The predicted octanol–water partition coefficient (Wildman–Crippen LogP) is 3.03. The summed E-state index contributed by atoms with van der Waals surface area (Å²) in [5.74, 6) is -1.88. The summed E-state index contributed by atoms with van der Waals surface area (Å²) in [4.78, 5) is 23.3. The first kappa shape index (κ1) is 13.9. The van der Waals surface area contributed by atoms with Gasteiger partial charge in [0.1, 0.15) is 0 Å². The van der Waals surface area contributed by atoms with Gasteiger partial charge in [-0.1, -0.05) is 18.5 Å². The van der Waals surface area contributed by atoms with Crippen LogP contribution in [-0.2, 0) is 9.59 Å². The van der Waals surface area contributed by atoms with Gasteiger partial charge in [0.15, 0.2) is 0 Å². The second-order valence-electron chi connectivity index (χ2n) is 5.12. The van der Waals surface area contributed by atoms with Crippen LogP contribution < -0.4 is 5.32 Å². The smallest absolute Gasteiger partial charge is 0.307 e. The third-order valence-corrected chi connectivity index (χ3v) is 3.82. The molecule has 0 saturated heterocycles. The zero-order valence-electron chi connectivity index (χ0n) is 10.6. The Morgan fingerprint density at radius 1 is 1.21 bits per heavy atom. The summed E-state index contributed by atoms with van der Waals surface area (Å²) in [6.45, 7) is 1.98. The molecule has 3 unspecified atom stereocenters. The number of nitrogens with one attached hydrogen (secondary N) is 1. The first-order valence-corrected chi connectivity index (χ1v) is 6.64. The molecule has 1 aromatic rings. The molecule has 2 N–H and O–H groups in total. The van der Waals surface area contributed by atoms with E-state index < -0.39 is 17.8 Å². The standard InChI is InChI=1S/C14H16ClNO3/c1-8-6-11(12(7-8)14(18)19)13(17)16-10-4-2-9(15)3-5-10/h2-5,8,11-12H,6-7H2,1H3,(H,16,17)(H,18,19). The summed E-state index contributed by atoms with van der Waals surface area (Å²) < 4.78 is 0. The van der Waals surface area contributed by atoms with Crippen molar-refractivity contribution in [1.82, 2.24) is 0 Å². The molecule has 19 heavy (non-hydrogen) atoms. The van der Waals surface area contributed by atoms with Crippen molar-refractivity contribution in [3.63, 3.8) is 0 Å². The van der Waals surface area contributed by atoms with Crippen LogP contribution in [0.2, 0.25) is 5.02 Å². The Hall–Kier alpha value is -1.55. The van der Waals surface area contributed by atoms with E-state index in [9.17, 15) is 9.59 Å². The van der Waals surface area contributed by atoms with Crippen LogP contribution in [0.15, 0.2) is 24.3 Å². The van der Waals surface area contributed by atoms with E-state index in [2.05, 4.69) is 5.32 Å². The summed E-state index contributed by atoms with van der Waals surface area (Å²) in [6, 6.07) is 6.77. The number of rotatable bonds is 3. The van der Waals surface area contributed by atoms with Crippen molar-refractivity contribution in [3.05, 3.63) is 29.3 Å². The fourth-order valence-electron chi connectivity index (χ4n) is 2.62. The average Bonchev–Trinajstić information content (AvgIpc) is 2.74. The fourth-order valence-corrected chi connectivity index (χ4v) is 2.75. The number of amides is 1. The van der Waals surface area contributed by atoms with Gasteiger partial charge in [0.25, 0.3) is 0 Å². The Morgan fingerprint density at radius 2 is 1.79 bits per heavy atom. The van der Waals surface area contributed by atoms with Gasteiger partial charge < -0.3 is 10.4 Å². The highest BCUT2D eigenvalue weighted by atomic mass is 35.5. The van der Waals surface area contributed by atoms with Crippen molar-refractivity contribution in [1.29, 1.82) is 0 Å². The van der Waals surface area contributed by atoms with Crippen molar-refractivity contribution in [3.8, 4) is 0 Å². The van der Waals surface area contributed by atoms with Gasteiger partial charge >= 0.3 is 5.97 Å². The molecule has 1 amide bonds. The maximum Gasteiger partial charge on any atom is 0.307 e. The number of carboxylic acid groups (broad SMARTS) is 1. The van der Waals surface area contributed by atoms with Crippen LogP contribution in [0.4, 0.5) is 5.69 Å². The van der Waals surface area contributed by atoms with Crippen LogP contribution in [-0.4, -0.2) is 17.0 Å². The Kier molecular flexibility index (Phi) is 4.10. The van der Waals surface area contributed by atoms with Crippen LogP contribution >= 0.6 is 11.6 Å². The van der Waals surface area contributed by atoms with Crippen LogP contribution in [0, 0.1) is 17.8 Å². The molecule has 0 radical (unpaired) electrons. The fraction of sp³-hybridized carbons (Fsp3) is 0.429. The Morgan fingerprint density at radius 3 is 2.37 bits per heavy atom. The Balaban J connectivity index is 2.06. The lowest BCUT2D eigenvalue weighted by atomic mass is 9.95. The van der Waals surface area contributed by atoms with Crippen LogP contribution in [0.1, 0.15) is 19.8 Å². The molecule has 3 atom stereocenters. The van der Waals surface area contributed by atoms with Gasteiger partial charge in [0.2, 0.25) is 5.91 Å². The van der Waals surface area contributed by atoms with Crippen molar-refractivity contribution in [2.75, 3.05) is 5.32 Å². The zero-order valence-corrected chi connectivity index (χ0v) is 11.4. The summed E-state index contributed by atoms with van der Waals surface area (Å²) in [5.41, 5.74) is 0.637. The Bertz CT molecular complexity index is 486. The van der Waals surface area contributed by atoms with Crippen molar-refractivity contribution in [2.24, 2.45) is 17.8 Å². The third-order valence-electron chi connectivity index (χ3n) is 3.56. The van der Waals surface area contributed by atoms with E-state index in [1.54, 1.807) is 24.3 Å². The van der Waals surface area contributed by atoms with Crippen LogP contribution in [0.3, 0.4) is 0 Å². The van der Waals surface area contributed by atoms with Gasteiger partial charge in [-0.05, 0) is 43.0 Å². The first-order chi connectivity index (χ1) is 8.97. The third kappa shape index (κ3) is 3.26. The second-order valence-corrected chi connectivity index (χ2v) is 5.56.